The Kier molecular flexibility index (Phi) is 1.70. The van der Waals surface area contributed by atoms with E-state index < -0.39 is 0 Å². The fraction of sp³-hybridized carbons (Fsp3) is 0.200. The van der Waals surface area contributed by atoms with Crippen LogP contribution in [0.3, 0.4) is 0 Å². The molecular weight excluding hydrogens is 172 g/mol. The Morgan fingerprint density at radius 1 is 1.75 bits per heavy atom. The van der Waals surface area contributed by atoms with E-state index in [9.17, 15) is 0 Å². The predicted molar refractivity (Wildman–Crippen MR) is 32.3 cm³/mol. The van der Waals surface area contributed by atoms with Crippen LogP contribution in [0.15, 0.2) is 21.4 Å². The van der Waals surface area contributed by atoms with Crippen LogP contribution >= 0.6 is 15.9 Å². The monoisotopic (exact) mass is 176 g/mol. The summed E-state index contributed by atoms with van der Waals surface area (Å²) in [6.07, 6.45) is 1.50. The molecule has 1 N–H and O–H groups in total. The van der Waals surface area contributed by atoms with E-state index in [4.69, 9.17) is 9.52 Å². The molecule has 1 heterocycles. The molecule has 44 valence electrons. The predicted octanol–water partition coefficient (Wildman–Crippen LogP) is 1.53. The van der Waals surface area contributed by atoms with Crippen molar-refractivity contribution in [2.75, 3.05) is 0 Å². The normalized spacial score (nSPS) is 9.75. The molecule has 0 spiro atoms. The fourth-order valence-electron chi connectivity index (χ4n) is 0.429. The highest BCUT2D eigenvalue weighted by Gasteiger charge is 1.93. The first-order valence-electron chi connectivity index (χ1n) is 2.16. The molecule has 0 aliphatic rings. The van der Waals surface area contributed by atoms with Crippen molar-refractivity contribution < 1.29 is 9.52 Å². The van der Waals surface area contributed by atoms with Gasteiger partial charge >= 0.3 is 0 Å². The number of halogens is 1. The quantitative estimate of drug-likeness (QED) is 0.705. The van der Waals surface area contributed by atoms with Crippen LogP contribution in [0.25, 0.3) is 0 Å². The second-order valence-electron chi connectivity index (χ2n) is 1.42. The number of furan rings is 1. The van der Waals surface area contributed by atoms with Gasteiger partial charge in [-0.2, -0.15) is 0 Å². The first-order valence-corrected chi connectivity index (χ1v) is 2.96. The second-order valence-corrected chi connectivity index (χ2v) is 2.20. The van der Waals surface area contributed by atoms with E-state index in [1.54, 1.807) is 6.07 Å². The molecule has 3 heteroatoms. The van der Waals surface area contributed by atoms with Crippen molar-refractivity contribution in [1.29, 1.82) is 0 Å². The SMILES string of the molecule is OCc1coc(Br)c1. The minimum Gasteiger partial charge on any atom is -0.457 e. The van der Waals surface area contributed by atoms with Crippen LogP contribution in [-0.2, 0) is 6.61 Å². The highest BCUT2D eigenvalue weighted by atomic mass is 79.9. The van der Waals surface area contributed by atoms with Crippen LogP contribution in [-0.4, -0.2) is 5.11 Å². The molecule has 0 atom stereocenters. The maximum absolute atomic E-state index is 8.47. The van der Waals surface area contributed by atoms with E-state index >= 15 is 0 Å². The summed E-state index contributed by atoms with van der Waals surface area (Å²) in [7, 11) is 0. The molecular formula is C5H5BrO2. The van der Waals surface area contributed by atoms with Crippen molar-refractivity contribution in [3.8, 4) is 0 Å². The fourth-order valence-corrected chi connectivity index (χ4v) is 0.816. The lowest BCUT2D eigenvalue weighted by atomic mass is 10.4. The van der Waals surface area contributed by atoms with Gasteiger partial charge in [0.1, 0.15) is 0 Å². The summed E-state index contributed by atoms with van der Waals surface area (Å²) in [5.74, 6) is 0. The molecule has 0 saturated carbocycles. The summed E-state index contributed by atoms with van der Waals surface area (Å²) in [6.45, 7) is 0.0368. The first kappa shape index (κ1) is 5.85. The summed E-state index contributed by atoms with van der Waals surface area (Å²) in [5.41, 5.74) is 0.789. The van der Waals surface area contributed by atoms with Crippen molar-refractivity contribution >= 4 is 15.9 Å². The summed E-state index contributed by atoms with van der Waals surface area (Å²) >= 11 is 3.10. The van der Waals surface area contributed by atoms with Crippen LogP contribution in [0.2, 0.25) is 0 Å². The van der Waals surface area contributed by atoms with E-state index in [-0.39, 0.29) is 6.61 Å². The van der Waals surface area contributed by atoms with E-state index in [0.717, 1.165) is 5.56 Å². The highest BCUT2D eigenvalue weighted by Crippen LogP contribution is 2.13. The highest BCUT2D eigenvalue weighted by molar-refractivity contribution is 9.10. The smallest absolute Gasteiger partial charge is 0.169 e. The van der Waals surface area contributed by atoms with Crippen molar-refractivity contribution in [3.63, 3.8) is 0 Å². The van der Waals surface area contributed by atoms with Gasteiger partial charge in [-0.25, -0.2) is 0 Å². The lowest BCUT2D eigenvalue weighted by molar-refractivity contribution is 0.280. The molecule has 0 saturated heterocycles. The van der Waals surface area contributed by atoms with E-state index in [1.165, 1.54) is 6.26 Å². The molecule has 2 nitrogen and oxygen atoms in total. The molecule has 0 aliphatic carbocycles. The maximum atomic E-state index is 8.47. The molecule has 0 amide bonds. The topological polar surface area (TPSA) is 33.4 Å². The van der Waals surface area contributed by atoms with E-state index in [0.29, 0.717) is 4.67 Å². The third kappa shape index (κ3) is 1.11. The van der Waals surface area contributed by atoms with Gasteiger partial charge in [0.05, 0.1) is 12.9 Å². The van der Waals surface area contributed by atoms with Crippen molar-refractivity contribution in [2.24, 2.45) is 0 Å². The maximum Gasteiger partial charge on any atom is 0.169 e. The number of aliphatic hydroxyl groups excluding tert-OH is 1. The van der Waals surface area contributed by atoms with Crippen molar-refractivity contribution in [1.82, 2.24) is 0 Å². The van der Waals surface area contributed by atoms with Gasteiger partial charge in [0.25, 0.3) is 0 Å². The van der Waals surface area contributed by atoms with Gasteiger partial charge in [-0.3, -0.25) is 0 Å². The van der Waals surface area contributed by atoms with Crippen LogP contribution in [0, 0.1) is 0 Å². The Bertz CT molecular complexity index is 171. The lowest BCUT2D eigenvalue weighted by Crippen LogP contribution is -1.72. The number of aliphatic hydroxyl groups is 1. The molecule has 0 aromatic carbocycles. The van der Waals surface area contributed by atoms with Gasteiger partial charge in [0, 0.05) is 5.56 Å². The van der Waals surface area contributed by atoms with Crippen LogP contribution < -0.4 is 0 Å². The lowest BCUT2D eigenvalue weighted by Gasteiger charge is -1.77. The average Bonchev–Trinajstić information content (AvgIpc) is 2.14. The van der Waals surface area contributed by atoms with Gasteiger partial charge in [0.2, 0.25) is 0 Å². The molecule has 0 radical (unpaired) electrons. The molecule has 0 fully saturated rings. The van der Waals surface area contributed by atoms with Gasteiger partial charge in [-0.15, -0.1) is 0 Å². The summed E-state index contributed by atoms with van der Waals surface area (Å²) < 4.78 is 5.47. The third-order valence-corrected chi connectivity index (χ3v) is 1.22. The zero-order valence-corrected chi connectivity index (χ0v) is 5.68. The van der Waals surface area contributed by atoms with E-state index in [2.05, 4.69) is 15.9 Å². The minimum atomic E-state index is 0.0368. The molecule has 1 rings (SSSR count). The Labute approximate surface area is 55.3 Å². The summed E-state index contributed by atoms with van der Waals surface area (Å²) in [6, 6.07) is 1.72. The molecule has 0 bridgehead atoms. The molecule has 1 aromatic rings. The zero-order valence-electron chi connectivity index (χ0n) is 4.10. The second kappa shape index (κ2) is 2.33. The van der Waals surface area contributed by atoms with Gasteiger partial charge in [0.15, 0.2) is 4.67 Å². The van der Waals surface area contributed by atoms with Crippen molar-refractivity contribution in [2.45, 2.75) is 6.61 Å². The first-order chi connectivity index (χ1) is 3.83. The Hall–Kier alpha value is -0.280. The van der Waals surface area contributed by atoms with E-state index in [1.807, 2.05) is 0 Å². The van der Waals surface area contributed by atoms with Crippen LogP contribution in [0.1, 0.15) is 5.56 Å². The number of hydrogen-bond donors (Lipinski definition) is 1. The molecule has 0 unspecified atom stereocenters. The molecule has 8 heavy (non-hydrogen) atoms. The Morgan fingerprint density at radius 2 is 2.50 bits per heavy atom. The zero-order chi connectivity index (χ0) is 5.98. The third-order valence-electron chi connectivity index (χ3n) is 0.804. The summed E-state index contributed by atoms with van der Waals surface area (Å²) in [4.78, 5) is 0. The number of rotatable bonds is 1. The minimum absolute atomic E-state index is 0.0368. The largest absolute Gasteiger partial charge is 0.457 e. The standard InChI is InChI=1S/C5H5BrO2/c6-5-1-4(2-7)3-8-5/h1,3,7H,2H2. The molecule has 0 aliphatic heterocycles. The van der Waals surface area contributed by atoms with Crippen LogP contribution in [0.5, 0.6) is 0 Å². The molecule has 1 aromatic heterocycles. The van der Waals surface area contributed by atoms with Gasteiger partial charge in [-0.1, -0.05) is 0 Å². The number of hydrogen-bond acceptors (Lipinski definition) is 2. The van der Waals surface area contributed by atoms with Crippen molar-refractivity contribution in [3.05, 3.63) is 22.6 Å². The Balaban J connectivity index is 2.84. The Morgan fingerprint density at radius 3 is 2.75 bits per heavy atom. The van der Waals surface area contributed by atoms with Gasteiger partial charge < -0.3 is 9.52 Å². The van der Waals surface area contributed by atoms with Gasteiger partial charge in [-0.05, 0) is 22.0 Å². The summed E-state index contributed by atoms with van der Waals surface area (Å²) in [5, 5.41) is 8.47. The average molecular weight is 177 g/mol. The van der Waals surface area contributed by atoms with Crippen LogP contribution in [0.4, 0.5) is 0 Å².